The first kappa shape index (κ1) is 10.7. The normalized spacial score (nSPS) is 10.4. The highest BCUT2D eigenvalue weighted by Crippen LogP contribution is 2.08. The molecule has 0 unspecified atom stereocenters. The summed E-state index contributed by atoms with van der Waals surface area (Å²) in [4.78, 5) is 4.22. The molecule has 4 heteroatoms. The van der Waals surface area contributed by atoms with Crippen LogP contribution in [-0.2, 0) is 13.5 Å². The highest BCUT2D eigenvalue weighted by Gasteiger charge is 1.98. The highest BCUT2D eigenvalue weighted by molar-refractivity contribution is 5.42. The third kappa shape index (κ3) is 2.59. The zero-order chi connectivity index (χ0) is 11.4. The zero-order valence-electron chi connectivity index (χ0n) is 9.15. The lowest BCUT2D eigenvalue weighted by Crippen LogP contribution is -2.08. The topological polar surface area (TPSA) is 29.9 Å². The van der Waals surface area contributed by atoms with Crippen molar-refractivity contribution in [1.29, 1.82) is 0 Å². The Hall–Kier alpha value is -1.84. The average Bonchev–Trinajstić information content (AvgIpc) is 2.68. The molecule has 0 aliphatic rings. The lowest BCUT2D eigenvalue weighted by atomic mass is 10.3. The van der Waals surface area contributed by atoms with Gasteiger partial charge in [-0.25, -0.2) is 9.37 Å². The van der Waals surface area contributed by atoms with Crippen LogP contribution in [0.25, 0.3) is 0 Å². The molecule has 0 saturated carbocycles. The van der Waals surface area contributed by atoms with Crippen molar-refractivity contribution >= 4 is 5.69 Å². The molecule has 0 saturated heterocycles. The number of benzene rings is 1. The standard InChI is InChI=1S/C12H14FN3/c1-16-9-8-15-12(16)6-7-14-11-4-2-10(13)3-5-11/h2-5,8-9,14H,6-7H2,1H3. The fraction of sp³-hybridized carbons (Fsp3) is 0.250. The van der Waals surface area contributed by atoms with Crippen LogP contribution in [0.3, 0.4) is 0 Å². The Morgan fingerprint density at radius 2 is 2.06 bits per heavy atom. The molecule has 0 atom stereocenters. The summed E-state index contributed by atoms with van der Waals surface area (Å²) in [6.45, 7) is 0.788. The summed E-state index contributed by atoms with van der Waals surface area (Å²) in [7, 11) is 1.97. The molecule has 0 aliphatic heterocycles. The van der Waals surface area contributed by atoms with Crippen molar-refractivity contribution in [2.75, 3.05) is 11.9 Å². The van der Waals surface area contributed by atoms with Crippen LogP contribution in [0.5, 0.6) is 0 Å². The van der Waals surface area contributed by atoms with E-state index in [1.54, 1.807) is 18.3 Å². The summed E-state index contributed by atoms with van der Waals surface area (Å²) in [5.41, 5.74) is 0.926. The Kier molecular flexibility index (Phi) is 3.19. The Labute approximate surface area is 93.9 Å². The lowest BCUT2D eigenvalue weighted by Gasteiger charge is -2.06. The van der Waals surface area contributed by atoms with Crippen molar-refractivity contribution in [2.24, 2.45) is 7.05 Å². The van der Waals surface area contributed by atoms with Crippen molar-refractivity contribution in [3.63, 3.8) is 0 Å². The van der Waals surface area contributed by atoms with Crippen LogP contribution in [0.1, 0.15) is 5.82 Å². The van der Waals surface area contributed by atoms with E-state index in [0.29, 0.717) is 0 Å². The minimum atomic E-state index is -0.213. The van der Waals surface area contributed by atoms with Gasteiger partial charge in [-0.2, -0.15) is 0 Å². The maximum atomic E-state index is 12.6. The quantitative estimate of drug-likeness (QED) is 0.854. The molecule has 1 aromatic carbocycles. The number of anilines is 1. The molecular weight excluding hydrogens is 205 g/mol. The summed E-state index contributed by atoms with van der Waals surface area (Å²) in [6, 6.07) is 6.35. The Morgan fingerprint density at radius 3 is 2.69 bits per heavy atom. The number of hydrogen-bond acceptors (Lipinski definition) is 2. The van der Waals surface area contributed by atoms with Crippen molar-refractivity contribution in [2.45, 2.75) is 6.42 Å². The van der Waals surface area contributed by atoms with E-state index in [2.05, 4.69) is 10.3 Å². The summed E-state index contributed by atoms with van der Waals surface area (Å²) in [6.07, 6.45) is 4.56. The SMILES string of the molecule is Cn1ccnc1CCNc1ccc(F)cc1. The molecule has 16 heavy (non-hydrogen) atoms. The van der Waals surface area contributed by atoms with Gasteiger partial charge in [-0.05, 0) is 24.3 Å². The first-order valence-corrected chi connectivity index (χ1v) is 5.21. The number of halogens is 1. The molecule has 0 spiro atoms. The maximum Gasteiger partial charge on any atom is 0.123 e. The lowest BCUT2D eigenvalue weighted by molar-refractivity contribution is 0.628. The summed E-state index contributed by atoms with van der Waals surface area (Å²) in [5.74, 6) is 0.823. The van der Waals surface area contributed by atoms with E-state index < -0.39 is 0 Å². The van der Waals surface area contributed by atoms with Gasteiger partial charge >= 0.3 is 0 Å². The molecule has 0 fully saturated rings. The molecular formula is C12H14FN3. The van der Waals surface area contributed by atoms with Crippen LogP contribution in [0, 0.1) is 5.82 Å². The van der Waals surface area contributed by atoms with Gasteiger partial charge in [0, 0.05) is 38.1 Å². The van der Waals surface area contributed by atoms with Gasteiger partial charge in [0.15, 0.2) is 0 Å². The molecule has 0 aliphatic carbocycles. The minimum Gasteiger partial charge on any atom is -0.385 e. The average molecular weight is 219 g/mol. The molecule has 0 radical (unpaired) electrons. The third-order valence-electron chi connectivity index (χ3n) is 2.44. The summed E-state index contributed by atoms with van der Waals surface area (Å²) >= 11 is 0. The van der Waals surface area contributed by atoms with Crippen molar-refractivity contribution in [3.8, 4) is 0 Å². The number of rotatable bonds is 4. The molecule has 1 aromatic heterocycles. The predicted octanol–water partition coefficient (Wildman–Crippen LogP) is 2.21. The smallest absolute Gasteiger partial charge is 0.123 e. The number of imidazole rings is 1. The van der Waals surface area contributed by atoms with E-state index in [9.17, 15) is 4.39 Å². The van der Waals surface area contributed by atoms with Gasteiger partial charge in [0.1, 0.15) is 11.6 Å². The fourth-order valence-corrected chi connectivity index (χ4v) is 1.52. The molecule has 3 nitrogen and oxygen atoms in total. The number of hydrogen-bond donors (Lipinski definition) is 1. The largest absolute Gasteiger partial charge is 0.385 e. The van der Waals surface area contributed by atoms with Gasteiger partial charge in [-0.1, -0.05) is 0 Å². The second-order valence-corrected chi connectivity index (χ2v) is 3.64. The van der Waals surface area contributed by atoms with E-state index in [4.69, 9.17) is 0 Å². The minimum absolute atomic E-state index is 0.213. The monoisotopic (exact) mass is 219 g/mol. The number of nitrogens with one attached hydrogen (secondary N) is 1. The highest BCUT2D eigenvalue weighted by atomic mass is 19.1. The second kappa shape index (κ2) is 4.79. The van der Waals surface area contributed by atoms with Crippen molar-refractivity contribution in [1.82, 2.24) is 9.55 Å². The van der Waals surface area contributed by atoms with E-state index >= 15 is 0 Å². The van der Waals surface area contributed by atoms with Crippen molar-refractivity contribution < 1.29 is 4.39 Å². The fourth-order valence-electron chi connectivity index (χ4n) is 1.52. The molecule has 1 N–H and O–H groups in total. The van der Waals surface area contributed by atoms with Crippen LogP contribution < -0.4 is 5.32 Å². The molecule has 84 valence electrons. The molecule has 2 aromatic rings. The van der Waals surface area contributed by atoms with Crippen LogP contribution in [-0.4, -0.2) is 16.1 Å². The van der Waals surface area contributed by atoms with Crippen LogP contribution in [0.2, 0.25) is 0 Å². The van der Waals surface area contributed by atoms with Crippen LogP contribution in [0.4, 0.5) is 10.1 Å². The van der Waals surface area contributed by atoms with Gasteiger partial charge in [0.25, 0.3) is 0 Å². The molecule has 0 amide bonds. The Balaban J connectivity index is 1.84. The number of aryl methyl sites for hydroxylation is 1. The van der Waals surface area contributed by atoms with E-state index in [1.165, 1.54) is 12.1 Å². The van der Waals surface area contributed by atoms with Gasteiger partial charge in [-0.3, -0.25) is 0 Å². The second-order valence-electron chi connectivity index (χ2n) is 3.64. The van der Waals surface area contributed by atoms with Crippen LogP contribution >= 0.6 is 0 Å². The van der Waals surface area contributed by atoms with E-state index in [1.807, 2.05) is 17.8 Å². The molecule has 0 bridgehead atoms. The zero-order valence-corrected chi connectivity index (χ0v) is 9.15. The molecule has 1 heterocycles. The maximum absolute atomic E-state index is 12.6. The summed E-state index contributed by atoms with van der Waals surface area (Å²) in [5, 5.41) is 3.22. The summed E-state index contributed by atoms with van der Waals surface area (Å²) < 4.78 is 14.6. The van der Waals surface area contributed by atoms with Crippen molar-refractivity contribution in [3.05, 3.63) is 48.3 Å². The van der Waals surface area contributed by atoms with Gasteiger partial charge in [-0.15, -0.1) is 0 Å². The first-order chi connectivity index (χ1) is 7.75. The van der Waals surface area contributed by atoms with Crippen LogP contribution in [0.15, 0.2) is 36.7 Å². The van der Waals surface area contributed by atoms with Gasteiger partial charge < -0.3 is 9.88 Å². The van der Waals surface area contributed by atoms with E-state index in [0.717, 1.165) is 24.5 Å². The first-order valence-electron chi connectivity index (χ1n) is 5.21. The van der Waals surface area contributed by atoms with Gasteiger partial charge in [0.2, 0.25) is 0 Å². The van der Waals surface area contributed by atoms with E-state index in [-0.39, 0.29) is 5.82 Å². The Morgan fingerprint density at radius 1 is 1.31 bits per heavy atom. The number of nitrogens with zero attached hydrogens (tertiary/aromatic N) is 2. The molecule has 2 rings (SSSR count). The number of aromatic nitrogens is 2. The Bertz CT molecular complexity index is 448. The third-order valence-corrected chi connectivity index (χ3v) is 2.44. The van der Waals surface area contributed by atoms with Gasteiger partial charge in [0.05, 0.1) is 0 Å². The predicted molar refractivity (Wildman–Crippen MR) is 61.8 cm³/mol.